The molecule has 0 bridgehead atoms. The Bertz CT molecular complexity index is 224. The molecule has 0 spiro atoms. The van der Waals surface area contributed by atoms with E-state index < -0.39 is 6.10 Å². The SMILES string of the molecule is Cc1cc([C@H](O)CN)nn1C. The van der Waals surface area contributed by atoms with E-state index in [0.29, 0.717) is 5.69 Å². The van der Waals surface area contributed by atoms with Crippen LogP contribution in [0.1, 0.15) is 17.5 Å². The highest BCUT2D eigenvalue weighted by atomic mass is 16.3. The van der Waals surface area contributed by atoms with Crippen LogP contribution < -0.4 is 5.73 Å². The molecule has 1 heterocycles. The zero-order chi connectivity index (χ0) is 8.43. The van der Waals surface area contributed by atoms with Crippen LogP contribution in [-0.2, 0) is 7.05 Å². The number of nitrogens with zero attached hydrogens (tertiary/aromatic N) is 2. The molecule has 0 radical (unpaired) electrons. The summed E-state index contributed by atoms with van der Waals surface area (Å²) in [5, 5.41) is 13.3. The Kier molecular flexibility index (Phi) is 2.26. The molecule has 0 aromatic carbocycles. The van der Waals surface area contributed by atoms with Gasteiger partial charge in [0.05, 0.1) is 5.69 Å². The van der Waals surface area contributed by atoms with Crippen molar-refractivity contribution in [1.82, 2.24) is 9.78 Å². The van der Waals surface area contributed by atoms with Gasteiger partial charge in [-0.2, -0.15) is 5.10 Å². The van der Waals surface area contributed by atoms with Gasteiger partial charge in [0.15, 0.2) is 0 Å². The Morgan fingerprint density at radius 1 is 1.82 bits per heavy atom. The first-order valence-corrected chi connectivity index (χ1v) is 3.54. The number of hydrogen-bond donors (Lipinski definition) is 2. The molecular weight excluding hydrogens is 142 g/mol. The molecule has 0 fully saturated rings. The lowest BCUT2D eigenvalue weighted by Gasteiger charge is -2.00. The number of aliphatic hydroxyl groups is 1. The van der Waals surface area contributed by atoms with E-state index in [2.05, 4.69) is 5.10 Å². The van der Waals surface area contributed by atoms with E-state index in [9.17, 15) is 5.11 Å². The highest BCUT2D eigenvalue weighted by molar-refractivity contribution is 5.10. The van der Waals surface area contributed by atoms with E-state index in [1.165, 1.54) is 0 Å². The van der Waals surface area contributed by atoms with E-state index in [4.69, 9.17) is 5.73 Å². The van der Waals surface area contributed by atoms with Crippen molar-refractivity contribution in [1.29, 1.82) is 0 Å². The van der Waals surface area contributed by atoms with Crippen molar-refractivity contribution in [3.63, 3.8) is 0 Å². The minimum atomic E-state index is -0.630. The second-order valence-corrected chi connectivity index (χ2v) is 2.59. The first kappa shape index (κ1) is 8.23. The minimum Gasteiger partial charge on any atom is -0.385 e. The van der Waals surface area contributed by atoms with Gasteiger partial charge in [-0.05, 0) is 13.0 Å². The maximum atomic E-state index is 9.27. The van der Waals surface area contributed by atoms with E-state index in [1.54, 1.807) is 4.68 Å². The third kappa shape index (κ3) is 1.58. The van der Waals surface area contributed by atoms with Gasteiger partial charge >= 0.3 is 0 Å². The third-order valence-electron chi connectivity index (χ3n) is 1.70. The Labute approximate surface area is 65.6 Å². The van der Waals surface area contributed by atoms with Crippen LogP contribution in [0.3, 0.4) is 0 Å². The van der Waals surface area contributed by atoms with Crippen LogP contribution in [0.5, 0.6) is 0 Å². The molecule has 0 saturated heterocycles. The summed E-state index contributed by atoms with van der Waals surface area (Å²) in [4.78, 5) is 0. The predicted octanol–water partition coefficient (Wildman–Crippen LogP) is -0.279. The van der Waals surface area contributed by atoms with Crippen LogP contribution in [-0.4, -0.2) is 21.4 Å². The molecule has 0 aliphatic carbocycles. The van der Waals surface area contributed by atoms with Crippen LogP contribution >= 0.6 is 0 Å². The highest BCUT2D eigenvalue weighted by Crippen LogP contribution is 2.09. The molecule has 11 heavy (non-hydrogen) atoms. The first-order chi connectivity index (χ1) is 5.15. The Hall–Kier alpha value is -0.870. The van der Waals surface area contributed by atoms with Crippen molar-refractivity contribution in [2.45, 2.75) is 13.0 Å². The fraction of sp³-hybridized carbons (Fsp3) is 0.571. The molecule has 0 unspecified atom stereocenters. The van der Waals surface area contributed by atoms with Gasteiger partial charge in [-0.15, -0.1) is 0 Å². The fourth-order valence-electron chi connectivity index (χ4n) is 0.872. The maximum Gasteiger partial charge on any atom is 0.110 e. The lowest BCUT2D eigenvalue weighted by atomic mass is 10.2. The lowest BCUT2D eigenvalue weighted by molar-refractivity contribution is 0.181. The van der Waals surface area contributed by atoms with Crippen molar-refractivity contribution in [3.05, 3.63) is 17.5 Å². The van der Waals surface area contributed by atoms with Crippen LogP contribution in [0.25, 0.3) is 0 Å². The van der Waals surface area contributed by atoms with Crippen LogP contribution in [0.2, 0.25) is 0 Å². The van der Waals surface area contributed by atoms with Crippen molar-refractivity contribution in [2.24, 2.45) is 12.8 Å². The number of hydrogen-bond acceptors (Lipinski definition) is 3. The van der Waals surface area contributed by atoms with Crippen LogP contribution in [0, 0.1) is 6.92 Å². The quantitative estimate of drug-likeness (QED) is 0.617. The minimum absolute atomic E-state index is 0.219. The van der Waals surface area contributed by atoms with Crippen molar-refractivity contribution < 1.29 is 5.11 Å². The van der Waals surface area contributed by atoms with Gasteiger partial charge in [-0.25, -0.2) is 0 Å². The number of aromatic nitrogens is 2. The number of aryl methyl sites for hydroxylation is 2. The molecular formula is C7H13N3O. The smallest absolute Gasteiger partial charge is 0.110 e. The average molecular weight is 155 g/mol. The van der Waals surface area contributed by atoms with Crippen LogP contribution in [0.4, 0.5) is 0 Å². The van der Waals surface area contributed by atoms with Gasteiger partial charge in [0.25, 0.3) is 0 Å². The largest absolute Gasteiger partial charge is 0.385 e. The molecule has 1 aromatic heterocycles. The highest BCUT2D eigenvalue weighted by Gasteiger charge is 2.09. The van der Waals surface area contributed by atoms with Crippen molar-refractivity contribution >= 4 is 0 Å². The number of aliphatic hydroxyl groups excluding tert-OH is 1. The number of rotatable bonds is 2. The zero-order valence-corrected chi connectivity index (χ0v) is 6.78. The van der Waals surface area contributed by atoms with Gasteiger partial charge in [0, 0.05) is 19.3 Å². The summed E-state index contributed by atoms with van der Waals surface area (Å²) < 4.78 is 1.72. The summed E-state index contributed by atoms with van der Waals surface area (Å²) in [5.41, 5.74) is 6.93. The third-order valence-corrected chi connectivity index (χ3v) is 1.70. The summed E-state index contributed by atoms with van der Waals surface area (Å²) in [6, 6.07) is 1.83. The topological polar surface area (TPSA) is 64.1 Å². The zero-order valence-electron chi connectivity index (χ0n) is 6.78. The van der Waals surface area contributed by atoms with E-state index >= 15 is 0 Å². The van der Waals surface area contributed by atoms with E-state index in [1.807, 2.05) is 20.0 Å². The molecule has 4 nitrogen and oxygen atoms in total. The fourth-order valence-corrected chi connectivity index (χ4v) is 0.872. The lowest BCUT2D eigenvalue weighted by Crippen LogP contribution is -2.12. The molecule has 1 atom stereocenters. The van der Waals surface area contributed by atoms with Crippen molar-refractivity contribution in [2.75, 3.05) is 6.54 Å². The summed E-state index contributed by atoms with van der Waals surface area (Å²) >= 11 is 0. The predicted molar refractivity (Wildman–Crippen MR) is 42.0 cm³/mol. The monoisotopic (exact) mass is 155 g/mol. The molecule has 62 valence electrons. The molecule has 0 aliphatic heterocycles. The normalized spacial score (nSPS) is 13.5. The standard InChI is InChI=1S/C7H13N3O/c1-5-3-6(7(11)4-8)9-10(5)2/h3,7,11H,4,8H2,1-2H3/t7-/m1/s1. The first-order valence-electron chi connectivity index (χ1n) is 3.54. The summed E-state index contributed by atoms with van der Waals surface area (Å²) in [5.74, 6) is 0. The Balaban J connectivity index is 2.88. The van der Waals surface area contributed by atoms with Gasteiger partial charge in [-0.1, -0.05) is 0 Å². The molecule has 1 rings (SSSR count). The molecule has 4 heteroatoms. The summed E-state index contributed by atoms with van der Waals surface area (Å²) in [6.45, 7) is 2.15. The van der Waals surface area contributed by atoms with Crippen LogP contribution in [0.15, 0.2) is 6.07 Å². The Morgan fingerprint density at radius 3 is 2.82 bits per heavy atom. The molecule has 3 N–H and O–H groups in total. The van der Waals surface area contributed by atoms with Gasteiger partial charge in [-0.3, -0.25) is 4.68 Å². The Morgan fingerprint density at radius 2 is 2.45 bits per heavy atom. The van der Waals surface area contributed by atoms with Gasteiger partial charge < -0.3 is 10.8 Å². The second kappa shape index (κ2) is 3.02. The second-order valence-electron chi connectivity index (χ2n) is 2.59. The van der Waals surface area contributed by atoms with E-state index in [-0.39, 0.29) is 6.54 Å². The molecule has 0 saturated carbocycles. The van der Waals surface area contributed by atoms with E-state index in [0.717, 1.165) is 5.69 Å². The summed E-state index contributed by atoms with van der Waals surface area (Å²) in [7, 11) is 1.84. The molecule has 1 aromatic rings. The summed E-state index contributed by atoms with van der Waals surface area (Å²) in [6.07, 6.45) is -0.630. The van der Waals surface area contributed by atoms with Gasteiger partial charge in [0.1, 0.15) is 6.10 Å². The number of nitrogens with two attached hydrogens (primary N) is 1. The molecule has 0 aliphatic rings. The maximum absolute atomic E-state index is 9.27. The molecule has 0 amide bonds. The van der Waals surface area contributed by atoms with Gasteiger partial charge in [0.2, 0.25) is 0 Å². The van der Waals surface area contributed by atoms with Crippen molar-refractivity contribution in [3.8, 4) is 0 Å². The average Bonchev–Trinajstić information content (AvgIpc) is 2.31.